The van der Waals surface area contributed by atoms with Gasteiger partial charge in [0.05, 0.1) is 5.69 Å². The predicted octanol–water partition coefficient (Wildman–Crippen LogP) is 2.29. The summed E-state index contributed by atoms with van der Waals surface area (Å²) in [7, 11) is 0. The molecule has 0 radical (unpaired) electrons. The Morgan fingerprint density at radius 2 is 2.16 bits per heavy atom. The van der Waals surface area contributed by atoms with Gasteiger partial charge < -0.3 is 5.11 Å². The number of aliphatic hydroxyl groups is 1. The van der Waals surface area contributed by atoms with Gasteiger partial charge >= 0.3 is 0 Å². The standard InChI is InChI=1S/C19H27FN4O/c1-15(2)23-10-9-22(14-18(23)6-11-25)13-16-12-17(20)4-5-19(16)24-8-3-7-21-24/h3-5,7-8,12,15,18,25H,6,9-11,13-14H2,1-2H3/t18-/m0/s1. The van der Waals surface area contributed by atoms with E-state index >= 15 is 0 Å². The van der Waals surface area contributed by atoms with E-state index < -0.39 is 0 Å². The average molecular weight is 346 g/mol. The van der Waals surface area contributed by atoms with Crippen LogP contribution < -0.4 is 0 Å². The summed E-state index contributed by atoms with van der Waals surface area (Å²) in [4.78, 5) is 4.80. The second-order valence-electron chi connectivity index (χ2n) is 6.96. The molecule has 0 spiro atoms. The molecule has 1 fully saturated rings. The van der Waals surface area contributed by atoms with Crippen molar-refractivity contribution in [3.8, 4) is 5.69 Å². The molecule has 1 aliphatic rings. The van der Waals surface area contributed by atoms with Crippen molar-refractivity contribution in [3.63, 3.8) is 0 Å². The van der Waals surface area contributed by atoms with Crippen molar-refractivity contribution in [2.24, 2.45) is 0 Å². The van der Waals surface area contributed by atoms with Crippen molar-refractivity contribution < 1.29 is 9.50 Å². The van der Waals surface area contributed by atoms with E-state index in [4.69, 9.17) is 0 Å². The zero-order valence-electron chi connectivity index (χ0n) is 15.0. The van der Waals surface area contributed by atoms with E-state index in [9.17, 15) is 9.50 Å². The smallest absolute Gasteiger partial charge is 0.123 e. The summed E-state index contributed by atoms with van der Waals surface area (Å²) in [6, 6.07) is 7.53. The van der Waals surface area contributed by atoms with Crippen LogP contribution in [0.2, 0.25) is 0 Å². The number of hydrogen-bond donors (Lipinski definition) is 1. The van der Waals surface area contributed by atoms with E-state index in [-0.39, 0.29) is 12.4 Å². The SMILES string of the molecule is CC(C)N1CCN(Cc2cc(F)ccc2-n2cccn2)C[C@@H]1CCO. The zero-order chi connectivity index (χ0) is 17.8. The van der Waals surface area contributed by atoms with E-state index in [0.717, 1.165) is 37.3 Å². The van der Waals surface area contributed by atoms with Gasteiger partial charge in [0.25, 0.3) is 0 Å². The minimum atomic E-state index is -0.223. The Labute approximate surface area is 148 Å². The van der Waals surface area contributed by atoms with Crippen LogP contribution in [0.15, 0.2) is 36.7 Å². The number of aromatic nitrogens is 2. The van der Waals surface area contributed by atoms with Gasteiger partial charge in [-0.1, -0.05) is 0 Å². The molecule has 0 unspecified atom stereocenters. The highest BCUT2D eigenvalue weighted by Crippen LogP contribution is 2.21. The maximum absolute atomic E-state index is 13.8. The molecule has 5 nitrogen and oxygen atoms in total. The van der Waals surface area contributed by atoms with Crippen molar-refractivity contribution in [2.75, 3.05) is 26.2 Å². The predicted molar refractivity (Wildman–Crippen MR) is 96.1 cm³/mol. The van der Waals surface area contributed by atoms with Crippen molar-refractivity contribution in [1.29, 1.82) is 0 Å². The Balaban J connectivity index is 1.77. The first kappa shape index (κ1) is 18.0. The van der Waals surface area contributed by atoms with Gasteiger partial charge in [-0.05, 0) is 50.1 Å². The Bertz CT molecular complexity index is 674. The molecule has 0 saturated carbocycles. The van der Waals surface area contributed by atoms with Crippen LogP contribution in [0, 0.1) is 5.82 Å². The van der Waals surface area contributed by atoms with Gasteiger partial charge in [-0.15, -0.1) is 0 Å². The Morgan fingerprint density at radius 3 is 2.84 bits per heavy atom. The molecule has 1 N–H and O–H groups in total. The molecule has 1 aromatic carbocycles. The van der Waals surface area contributed by atoms with Crippen molar-refractivity contribution >= 4 is 0 Å². The summed E-state index contributed by atoms with van der Waals surface area (Å²) in [5.41, 5.74) is 1.85. The molecule has 1 aromatic heterocycles. The maximum Gasteiger partial charge on any atom is 0.123 e. The maximum atomic E-state index is 13.8. The monoisotopic (exact) mass is 346 g/mol. The lowest BCUT2D eigenvalue weighted by atomic mass is 10.0. The first-order valence-corrected chi connectivity index (χ1v) is 8.96. The van der Waals surface area contributed by atoms with Crippen molar-refractivity contribution in [1.82, 2.24) is 19.6 Å². The fourth-order valence-electron chi connectivity index (χ4n) is 3.72. The summed E-state index contributed by atoms with van der Waals surface area (Å²) in [5, 5.41) is 13.7. The van der Waals surface area contributed by atoms with Crippen molar-refractivity contribution in [2.45, 2.75) is 38.9 Å². The molecule has 1 atom stereocenters. The topological polar surface area (TPSA) is 44.5 Å². The third-order valence-corrected chi connectivity index (χ3v) is 4.92. The number of hydrogen-bond acceptors (Lipinski definition) is 4. The van der Waals surface area contributed by atoms with Crippen LogP contribution in [-0.2, 0) is 6.54 Å². The van der Waals surface area contributed by atoms with E-state index in [1.54, 1.807) is 23.0 Å². The largest absolute Gasteiger partial charge is 0.396 e. The van der Waals surface area contributed by atoms with Gasteiger partial charge in [-0.25, -0.2) is 9.07 Å². The minimum Gasteiger partial charge on any atom is -0.396 e. The lowest BCUT2D eigenvalue weighted by molar-refractivity contribution is 0.0349. The van der Waals surface area contributed by atoms with Gasteiger partial charge in [-0.3, -0.25) is 9.80 Å². The number of rotatable bonds is 6. The van der Waals surface area contributed by atoms with Crippen LogP contribution in [0.25, 0.3) is 5.69 Å². The van der Waals surface area contributed by atoms with E-state index in [0.29, 0.717) is 18.6 Å². The van der Waals surface area contributed by atoms with E-state index in [2.05, 4.69) is 28.7 Å². The molecule has 0 bridgehead atoms. The molecule has 25 heavy (non-hydrogen) atoms. The highest BCUT2D eigenvalue weighted by molar-refractivity contribution is 5.40. The van der Waals surface area contributed by atoms with Gasteiger partial charge in [0.15, 0.2) is 0 Å². The molecule has 1 saturated heterocycles. The average Bonchev–Trinajstić information content (AvgIpc) is 3.09. The fraction of sp³-hybridized carbons (Fsp3) is 0.526. The molecular formula is C19H27FN4O. The number of aliphatic hydroxyl groups excluding tert-OH is 1. The quantitative estimate of drug-likeness (QED) is 0.872. The highest BCUT2D eigenvalue weighted by Gasteiger charge is 2.28. The third kappa shape index (κ3) is 4.26. The van der Waals surface area contributed by atoms with Gasteiger partial charge in [0.2, 0.25) is 0 Å². The molecule has 3 rings (SSSR count). The van der Waals surface area contributed by atoms with Gasteiger partial charge in [-0.2, -0.15) is 5.10 Å². The van der Waals surface area contributed by atoms with Crippen molar-refractivity contribution in [3.05, 3.63) is 48.0 Å². The lowest BCUT2D eigenvalue weighted by Crippen LogP contribution is -2.55. The Kier molecular flexibility index (Phi) is 5.83. The van der Waals surface area contributed by atoms with Crippen LogP contribution >= 0.6 is 0 Å². The van der Waals surface area contributed by atoms with Gasteiger partial charge in [0, 0.05) is 57.3 Å². The first-order chi connectivity index (χ1) is 12.1. The number of nitrogens with zero attached hydrogens (tertiary/aromatic N) is 4. The van der Waals surface area contributed by atoms with Gasteiger partial charge in [0.1, 0.15) is 5.82 Å². The highest BCUT2D eigenvalue weighted by atomic mass is 19.1. The third-order valence-electron chi connectivity index (χ3n) is 4.92. The summed E-state index contributed by atoms with van der Waals surface area (Å²) >= 11 is 0. The molecule has 1 aliphatic heterocycles. The van der Waals surface area contributed by atoms with Crippen LogP contribution in [0.5, 0.6) is 0 Å². The number of halogens is 1. The normalized spacial score (nSPS) is 19.6. The minimum absolute atomic E-state index is 0.195. The van der Waals surface area contributed by atoms with Crippen LogP contribution in [0.3, 0.4) is 0 Å². The second-order valence-corrected chi connectivity index (χ2v) is 6.96. The van der Waals surface area contributed by atoms with E-state index in [1.807, 2.05) is 12.3 Å². The molecule has 6 heteroatoms. The van der Waals surface area contributed by atoms with Crippen LogP contribution in [-0.4, -0.2) is 63.0 Å². The molecule has 0 aliphatic carbocycles. The molecule has 0 amide bonds. The lowest BCUT2D eigenvalue weighted by Gasteiger charge is -2.43. The molecule has 2 heterocycles. The molecule has 136 valence electrons. The first-order valence-electron chi connectivity index (χ1n) is 8.96. The van der Waals surface area contributed by atoms with E-state index in [1.165, 1.54) is 6.07 Å². The second kappa shape index (κ2) is 8.08. The van der Waals surface area contributed by atoms with Crippen LogP contribution in [0.4, 0.5) is 4.39 Å². The zero-order valence-corrected chi connectivity index (χ0v) is 15.0. The summed E-state index contributed by atoms with van der Waals surface area (Å²) in [6.45, 7) is 8.06. The Morgan fingerprint density at radius 1 is 1.32 bits per heavy atom. The number of piperazine rings is 1. The summed E-state index contributed by atoms with van der Waals surface area (Å²) in [5.74, 6) is -0.223. The summed E-state index contributed by atoms with van der Waals surface area (Å²) in [6.07, 6.45) is 4.37. The Hall–Kier alpha value is -1.76. The molecular weight excluding hydrogens is 319 g/mol. The fourth-order valence-corrected chi connectivity index (χ4v) is 3.72. The number of benzene rings is 1. The molecule has 2 aromatic rings. The van der Waals surface area contributed by atoms with Crippen LogP contribution in [0.1, 0.15) is 25.8 Å². The summed E-state index contributed by atoms with van der Waals surface area (Å²) < 4.78 is 15.6.